The lowest BCUT2D eigenvalue weighted by atomic mass is 9.77. The van der Waals surface area contributed by atoms with E-state index in [0.29, 0.717) is 11.3 Å². The van der Waals surface area contributed by atoms with Crippen LogP contribution in [-0.4, -0.2) is 6.79 Å². The van der Waals surface area contributed by atoms with Gasteiger partial charge in [0, 0.05) is 11.1 Å². The molecule has 1 fully saturated rings. The van der Waals surface area contributed by atoms with Gasteiger partial charge in [0.05, 0.1) is 0 Å². The zero-order chi connectivity index (χ0) is 11.9. The largest absolute Gasteiger partial charge is 0.453 e. The molecular formula is C13H16FNO2. The minimum atomic E-state index is -0.538. The molecule has 2 N–H and O–H groups in total. The number of benzene rings is 1. The van der Waals surface area contributed by atoms with E-state index in [1.54, 1.807) is 12.1 Å². The predicted molar refractivity (Wildman–Crippen MR) is 61.5 cm³/mol. The van der Waals surface area contributed by atoms with Crippen LogP contribution >= 0.6 is 0 Å². The Bertz CT molecular complexity index is 441. The molecule has 0 bridgehead atoms. The van der Waals surface area contributed by atoms with Gasteiger partial charge >= 0.3 is 0 Å². The van der Waals surface area contributed by atoms with Crippen LogP contribution in [-0.2, 0) is 5.54 Å². The van der Waals surface area contributed by atoms with Crippen LogP contribution in [0.25, 0.3) is 0 Å². The molecular weight excluding hydrogens is 221 g/mol. The first kappa shape index (κ1) is 10.8. The minimum Gasteiger partial charge on any atom is -0.453 e. The molecule has 1 aromatic rings. The van der Waals surface area contributed by atoms with Crippen molar-refractivity contribution >= 4 is 0 Å². The van der Waals surface area contributed by atoms with E-state index in [0.717, 1.165) is 25.7 Å². The SMILES string of the molecule is NC1(c2ccc3c(c2F)OCO3)CCCCC1. The summed E-state index contributed by atoms with van der Waals surface area (Å²) in [4.78, 5) is 0. The summed E-state index contributed by atoms with van der Waals surface area (Å²) in [7, 11) is 0. The van der Waals surface area contributed by atoms with E-state index in [4.69, 9.17) is 15.2 Å². The monoisotopic (exact) mass is 237 g/mol. The predicted octanol–water partition coefficient (Wildman–Crippen LogP) is 2.67. The number of ether oxygens (including phenoxy) is 2. The average molecular weight is 237 g/mol. The molecule has 1 saturated carbocycles. The maximum absolute atomic E-state index is 14.3. The lowest BCUT2D eigenvalue weighted by molar-refractivity contribution is 0.170. The summed E-state index contributed by atoms with van der Waals surface area (Å²) in [5, 5.41) is 0. The highest BCUT2D eigenvalue weighted by Crippen LogP contribution is 2.42. The van der Waals surface area contributed by atoms with Crippen LogP contribution in [0.4, 0.5) is 4.39 Å². The standard InChI is InChI=1S/C13H16FNO2/c14-11-9(13(15)6-2-1-3-7-13)4-5-10-12(11)17-8-16-10/h4-5H,1-3,6-8,15H2. The van der Waals surface area contributed by atoms with E-state index in [9.17, 15) is 4.39 Å². The summed E-state index contributed by atoms with van der Waals surface area (Å²) < 4.78 is 24.6. The van der Waals surface area contributed by atoms with Crippen LogP contribution in [0.2, 0.25) is 0 Å². The Morgan fingerprint density at radius 2 is 1.88 bits per heavy atom. The molecule has 4 heteroatoms. The summed E-state index contributed by atoms with van der Waals surface area (Å²) in [5.74, 6) is 0.355. The van der Waals surface area contributed by atoms with Gasteiger partial charge in [0.1, 0.15) is 0 Å². The summed E-state index contributed by atoms with van der Waals surface area (Å²) in [6.07, 6.45) is 4.98. The first-order valence-electron chi connectivity index (χ1n) is 6.08. The third-order valence-electron chi connectivity index (χ3n) is 3.76. The second-order valence-corrected chi connectivity index (χ2v) is 4.88. The zero-order valence-corrected chi connectivity index (χ0v) is 9.67. The Hall–Kier alpha value is -1.29. The molecule has 0 aromatic heterocycles. The topological polar surface area (TPSA) is 44.5 Å². The number of fused-ring (bicyclic) bond motifs is 1. The number of hydrogen-bond donors (Lipinski definition) is 1. The number of rotatable bonds is 1. The van der Waals surface area contributed by atoms with Crippen molar-refractivity contribution in [3.8, 4) is 11.5 Å². The Morgan fingerprint density at radius 1 is 1.12 bits per heavy atom. The summed E-state index contributed by atoms with van der Waals surface area (Å²) in [5.41, 5.74) is 6.37. The highest BCUT2D eigenvalue weighted by molar-refractivity contribution is 5.48. The van der Waals surface area contributed by atoms with Crippen molar-refractivity contribution in [3.63, 3.8) is 0 Å². The molecule has 1 aliphatic heterocycles. The number of halogens is 1. The van der Waals surface area contributed by atoms with Crippen LogP contribution in [0.1, 0.15) is 37.7 Å². The summed E-state index contributed by atoms with van der Waals surface area (Å²) >= 11 is 0. The molecule has 0 amide bonds. The number of hydrogen-bond acceptors (Lipinski definition) is 3. The van der Waals surface area contributed by atoms with Gasteiger partial charge in [0.15, 0.2) is 11.6 Å². The fourth-order valence-electron chi connectivity index (χ4n) is 2.77. The van der Waals surface area contributed by atoms with Gasteiger partial charge in [0.25, 0.3) is 0 Å². The Kier molecular flexibility index (Phi) is 2.47. The lowest BCUT2D eigenvalue weighted by Gasteiger charge is -2.34. The summed E-state index contributed by atoms with van der Waals surface area (Å²) in [6, 6.07) is 3.50. The molecule has 92 valence electrons. The highest BCUT2D eigenvalue weighted by Gasteiger charge is 2.34. The Morgan fingerprint density at radius 3 is 2.65 bits per heavy atom. The third-order valence-corrected chi connectivity index (χ3v) is 3.76. The molecule has 2 aliphatic rings. The molecule has 1 aromatic carbocycles. The van der Waals surface area contributed by atoms with E-state index >= 15 is 0 Å². The van der Waals surface area contributed by atoms with Crippen molar-refractivity contribution in [2.75, 3.05) is 6.79 Å². The maximum atomic E-state index is 14.3. The first-order valence-corrected chi connectivity index (χ1v) is 6.08. The second kappa shape index (κ2) is 3.88. The lowest BCUT2D eigenvalue weighted by Crippen LogP contribution is -2.39. The number of nitrogens with two attached hydrogens (primary N) is 1. The van der Waals surface area contributed by atoms with Gasteiger partial charge in [-0.3, -0.25) is 0 Å². The average Bonchev–Trinajstić information content (AvgIpc) is 2.79. The van der Waals surface area contributed by atoms with Gasteiger partial charge in [-0.1, -0.05) is 25.3 Å². The van der Waals surface area contributed by atoms with E-state index in [1.807, 2.05) is 0 Å². The summed E-state index contributed by atoms with van der Waals surface area (Å²) in [6.45, 7) is 0.0906. The van der Waals surface area contributed by atoms with Crippen molar-refractivity contribution in [1.29, 1.82) is 0 Å². The van der Waals surface area contributed by atoms with E-state index in [2.05, 4.69) is 0 Å². The molecule has 17 heavy (non-hydrogen) atoms. The van der Waals surface area contributed by atoms with Gasteiger partial charge in [-0.2, -0.15) is 0 Å². The fourth-order valence-corrected chi connectivity index (χ4v) is 2.77. The van der Waals surface area contributed by atoms with Crippen LogP contribution in [0, 0.1) is 5.82 Å². The normalized spacial score (nSPS) is 21.5. The highest BCUT2D eigenvalue weighted by atomic mass is 19.1. The van der Waals surface area contributed by atoms with Gasteiger partial charge in [-0.15, -0.1) is 0 Å². The fraction of sp³-hybridized carbons (Fsp3) is 0.538. The van der Waals surface area contributed by atoms with Crippen LogP contribution < -0.4 is 15.2 Å². The molecule has 0 radical (unpaired) electrons. The third kappa shape index (κ3) is 1.67. The van der Waals surface area contributed by atoms with Crippen LogP contribution in [0.3, 0.4) is 0 Å². The first-order chi connectivity index (χ1) is 8.21. The quantitative estimate of drug-likeness (QED) is 0.816. The van der Waals surface area contributed by atoms with Crippen molar-refractivity contribution in [1.82, 2.24) is 0 Å². The van der Waals surface area contributed by atoms with E-state index in [1.165, 1.54) is 6.42 Å². The van der Waals surface area contributed by atoms with E-state index < -0.39 is 5.54 Å². The Balaban J connectivity index is 2.03. The molecule has 0 spiro atoms. The van der Waals surface area contributed by atoms with Crippen molar-refractivity contribution < 1.29 is 13.9 Å². The molecule has 1 heterocycles. The molecule has 3 nitrogen and oxygen atoms in total. The van der Waals surface area contributed by atoms with Gasteiger partial charge in [0.2, 0.25) is 12.5 Å². The van der Waals surface area contributed by atoms with Gasteiger partial charge in [-0.05, 0) is 18.9 Å². The maximum Gasteiger partial charge on any atom is 0.231 e. The van der Waals surface area contributed by atoms with Gasteiger partial charge < -0.3 is 15.2 Å². The van der Waals surface area contributed by atoms with Gasteiger partial charge in [-0.25, -0.2) is 4.39 Å². The van der Waals surface area contributed by atoms with Crippen LogP contribution in [0.15, 0.2) is 12.1 Å². The molecule has 0 atom stereocenters. The molecule has 0 saturated heterocycles. The van der Waals surface area contributed by atoms with Crippen molar-refractivity contribution in [3.05, 3.63) is 23.5 Å². The molecule has 3 rings (SSSR count). The van der Waals surface area contributed by atoms with Crippen molar-refractivity contribution in [2.45, 2.75) is 37.6 Å². The smallest absolute Gasteiger partial charge is 0.231 e. The zero-order valence-electron chi connectivity index (χ0n) is 9.67. The molecule has 0 unspecified atom stereocenters. The minimum absolute atomic E-state index is 0.0906. The van der Waals surface area contributed by atoms with Crippen LogP contribution in [0.5, 0.6) is 11.5 Å². The second-order valence-electron chi connectivity index (χ2n) is 4.88. The molecule has 1 aliphatic carbocycles. The van der Waals surface area contributed by atoms with Crippen molar-refractivity contribution in [2.24, 2.45) is 5.73 Å². The Labute approximate surface area is 99.7 Å². The van der Waals surface area contributed by atoms with E-state index in [-0.39, 0.29) is 18.4 Å².